The molecule has 1 aromatic carbocycles. The molecular weight excluding hydrogens is 220 g/mol. The molecule has 1 N–H and O–H groups in total. The number of anilines is 1. The van der Waals surface area contributed by atoms with E-state index in [2.05, 4.69) is 41.4 Å². The fourth-order valence-electron chi connectivity index (χ4n) is 2.78. The molecule has 1 aliphatic heterocycles. The van der Waals surface area contributed by atoms with Crippen LogP contribution in [0, 0.1) is 5.92 Å². The summed E-state index contributed by atoms with van der Waals surface area (Å²) in [5, 5.41) is 3.59. The molecule has 2 fully saturated rings. The van der Waals surface area contributed by atoms with Crippen LogP contribution in [-0.2, 0) is 6.54 Å². The van der Waals surface area contributed by atoms with E-state index < -0.39 is 0 Å². The van der Waals surface area contributed by atoms with Crippen LogP contribution in [0.5, 0.6) is 0 Å². The van der Waals surface area contributed by atoms with Crippen molar-refractivity contribution < 1.29 is 0 Å². The van der Waals surface area contributed by atoms with E-state index >= 15 is 0 Å². The SMILES string of the molecule is CCCC1CN(c2cccc(CNC3CC3)c2)C1. The average molecular weight is 244 g/mol. The fraction of sp³-hybridized carbons (Fsp3) is 0.625. The van der Waals surface area contributed by atoms with Crippen molar-refractivity contribution >= 4 is 5.69 Å². The molecule has 3 rings (SSSR count). The highest BCUT2D eigenvalue weighted by Crippen LogP contribution is 2.28. The van der Waals surface area contributed by atoms with Crippen LogP contribution in [0.4, 0.5) is 5.69 Å². The molecule has 0 bridgehead atoms. The Labute approximate surface area is 110 Å². The van der Waals surface area contributed by atoms with Gasteiger partial charge in [-0.2, -0.15) is 0 Å². The molecule has 1 saturated heterocycles. The van der Waals surface area contributed by atoms with Gasteiger partial charge >= 0.3 is 0 Å². The van der Waals surface area contributed by atoms with E-state index in [1.165, 1.54) is 50.0 Å². The predicted molar refractivity (Wildman–Crippen MR) is 76.9 cm³/mol. The number of benzene rings is 1. The van der Waals surface area contributed by atoms with E-state index in [4.69, 9.17) is 0 Å². The second-order valence-electron chi connectivity index (χ2n) is 5.88. The summed E-state index contributed by atoms with van der Waals surface area (Å²) in [6.45, 7) is 5.83. The van der Waals surface area contributed by atoms with Crippen molar-refractivity contribution in [3.8, 4) is 0 Å². The zero-order valence-electron chi connectivity index (χ0n) is 11.4. The average Bonchev–Trinajstić information content (AvgIpc) is 3.15. The highest BCUT2D eigenvalue weighted by molar-refractivity contribution is 5.50. The molecule has 1 aromatic rings. The lowest BCUT2D eigenvalue weighted by molar-refractivity contribution is 0.380. The molecule has 0 spiro atoms. The molecule has 1 saturated carbocycles. The van der Waals surface area contributed by atoms with Gasteiger partial charge in [0.2, 0.25) is 0 Å². The monoisotopic (exact) mass is 244 g/mol. The van der Waals surface area contributed by atoms with Gasteiger partial charge in [0.05, 0.1) is 0 Å². The quantitative estimate of drug-likeness (QED) is 0.827. The summed E-state index contributed by atoms with van der Waals surface area (Å²) < 4.78 is 0. The van der Waals surface area contributed by atoms with Crippen molar-refractivity contribution in [2.24, 2.45) is 5.92 Å². The number of nitrogens with zero attached hydrogens (tertiary/aromatic N) is 1. The highest BCUT2D eigenvalue weighted by Gasteiger charge is 2.26. The van der Waals surface area contributed by atoms with Gasteiger partial charge in [-0.15, -0.1) is 0 Å². The molecule has 0 unspecified atom stereocenters. The van der Waals surface area contributed by atoms with Gasteiger partial charge in [0.1, 0.15) is 0 Å². The lowest BCUT2D eigenvalue weighted by Crippen LogP contribution is -2.46. The normalized spacial score (nSPS) is 19.9. The third-order valence-electron chi connectivity index (χ3n) is 4.10. The standard InChI is InChI=1S/C16H24N2/c1-2-4-14-11-18(12-14)16-6-3-5-13(9-16)10-17-15-7-8-15/h3,5-6,9,14-15,17H,2,4,7-8,10-12H2,1H3. The molecule has 1 aliphatic carbocycles. The Morgan fingerprint density at radius 3 is 2.83 bits per heavy atom. The van der Waals surface area contributed by atoms with E-state index in [0.29, 0.717) is 0 Å². The summed E-state index contributed by atoms with van der Waals surface area (Å²) in [6, 6.07) is 9.85. The molecule has 2 aliphatic rings. The van der Waals surface area contributed by atoms with Crippen molar-refractivity contribution in [2.45, 2.75) is 45.2 Å². The second-order valence-corrected chi connectivity index (χ2v) is 5.88. The zero-order valence-corrected chi connectivity index (χ0v) is 11.4. The van der Waals surface area contributed by atoms with Crippen LogP contribution in [-0.4, -0.2) is 19.1 Å². The maximum Gasteiger partial charge on any atom is 0.0369 e. The molecular formula is C16H24N2. The van der Waals surface area contributed by atoms with E-state index in [9.17, 15) is 0 Å². The summed E-state index contributed by atoms with van der Waals surface area (Å²) in [5.41, 5.74) is 2.84. The summed E-state index contributed by atoms with van der Waals surface area (Å²) in [4.78, 5) is 2.51. The number of hydrogen-bond donors (Lipinski definition) is 1. The van der Waals surface area contributed by atoms with Gasteiger partial charge in [0.15, 0.2) is 0 Å². The molecule has 2 heteroatoms. The molecule has 0 radical (unpaired) electrons. The minimum atomic E-state index is 0.798. The third kappa shape index (κ3) is 2.86. The van der Waals surface area contributed by atoms with Crippen molar-refractivity contribution in [1.82, 2.24) is 5.32 Å². The first-order valence-corrected chi connectivity index (χ1v) is 7.42. The first-order valence-electron chi connectivity index (χ1n) is 7.42. The lowest BCUT2D eigenvalue weighted by Gasteiger charge is -2.41. The lowest BCUT2D eigenvalue weighted by atomic mass is 9.94. The predicted octanol–water partition coefficient (Wildman–Crippen LogP) is 3.17. The Bertz CT molecular complexity index is 392. The Kier molecular flexibility index (Phi) is 3.55. The Hall–Kier alpha value is -1.02. The topological polar surface area (TPSA) is 15.3 Å². The summed E-state index contributed by atoms with van der Waals surface area (Å²) >= 11 is 0. The van der Waals surface area contributed by atoms with Crippen LogP contribution < -0.4 is 10.2 Å². The smallest absolute Gasteiger partial charge is 0.0369 e. The van der Waals surface area contributed by atoms with Gasteiger partial charge < -0.3 is 10.2 Å². The molecule has 18 heavy (non-hydrogen) atoms. The Morgan fingerprint density at radius 2 is 2.11 bits per heavy atom. The van der Waals surface area contributed by atoms with Gasteiger partial charge in [-0.05, 0) is 42.9 Å². The third-order valence-corrected chi connectivity index (χ3v) is 4.10. The van der Waals surface area contributed by atoms with Gasteiger partial charge in [-0.1, -0.05) is 25.5 Å². The van der Waals surface area contributed by atoms with Crippen molar-refractivity contribution in [2.75, 3.05) is 18.0 Å². The molecule has 2 nitrogen and oxygen atoms in total. The second kappa shape index (κ2) is 5.31. The number of nitrogens with one attached hydrogen (secondary N) is 1. The van der Waals surface area contributed by atoms with E-state index in [0.717, 1.165) is 18.5 Å². The van der Waals surface area contributed by atoms with Crippen LogP contribution in [0.1, 0.15) is 38.2 Å². The summed E-state index contributed by atoms with van der Waals surface area (Å²) in [5.74, 6) is 0.934. The van der Waals surface area contributed by atoms with E-state index in [-0.39, 0.29) is 0 Å². The largest absolute Gasteiger partial charge is 0.371 e. The van der Waals surface area contributed by atoms with Crippen LogP contribution >= 0.6 is 0 Å². The van der Waals surface area contributed by atoms with E-state index in [1.807, 2.05) is 0 Å². The fourth-order valence-corrected chi connectivity index (χ4v) is 2.78. The van der Waals surface area contributed by atoms with Crippen LogP contribution in [0.25, 0.3) is 0 Å². The van der Waals surface area contributed by atoms with Crippen molar-refractivity contribution in [1.29, 1.82) is 0 Å². The van der Waals surface area contributed by atoms with Crippen molar-refractivity contribution in [3.05, 3.63) is 29.8 Å². The molecule has 0 atom stereocenters. The maximum absolute atomic E-state index is 3.59. The minimum absolute atomic E-state index is 0.798. The van der Waals surface area contributed by atoms with Crippen LogP contribution in [0.15, 0.2) is 24.3 Å². The van der Waals surface area contributed by atoms with Crippen LogP contribution in [0.2, 0.25) is 0 Å². The summed E-state index contributed by atoms with van der Waals surface area (Å²) in [7, 11) is 0. The summed E-state index contributed by atoms with van der Waals surface area (Å²) in [6.07, 6.45) is 5.44. The van der Waals surface area contributed by atoms with Gasteiger partial charge in [0.25, 0.3) is 0 Å². The van der Waals surface area contributed by atoms with Gasteiger partial charge in [-0.25, -0.2) is 0 Å². The molecule has 0 amide bonds. The van der Waals surface area contributed by atoms with Crippen molar-refractivity contribution in [3.63, 3.8) is 0 Å². The van der Waals surface area contributed by atoms with Gasteiger partial charge in [-0.3, -0.25) is 0 Å². The zero-order chi connectivity index (χ0) is 12.4. The minimum Gasteiger partial charge on any atom is -0.371 e. The first kappa shape index (κ1) is 12.0. The number of rotatable bonds is 6. The number of hydrogen-bond acceptors (Lipinski definition) is 2. The Balaban J connectivity index is 1.54. The molecule has 1 heterocycles. The van der Waals surface area contributed by atoms with E-state index in [1.54, 1.807) is 0 Å². The van der Waals surface area contributed by atoms with Crippen LogP contribution in [0.3, 0.4) is 0 Å². The first-order chi connectivity index (χ1) is 8.85. The maximum atomic E-state index is 3.59. The molecule has 0 aromatic heterocycles. The molecule has 98 valence electrons. The highest BCUT2D eigenvalue weighted by atomic mass is 15.2. The van der Waals surface area contributed by atoms with Gasteiger partial charge in [0, 0.05) is 31.4 Å². The Morgan fingerprint density at radius 1 is 1.28 bits per heavy atom.